The number of hydrogen-bond acceptors (Lipinski definition) is 4. The highest BCUT2D eigenvalue weighted by atomic mass is 35.5. The van der Waals surface area contributed by atoms with Gasteiger partial charge in [-0.3, -0.25) is 0 Å². The maximum atomic E-state index is 6.41. The van der Waals surface area contributed by atoms with Crippen molar-refractivity contribution >= 4 is 35.9 Å². The van der Waals surface area contributed by atoms with Crippen LogP contribution in [-0.4, -0.2) is 14.8 Å². The van der Waals surface area contributed by atoms with Crippen LogP contribution in [0, 0.1) is 0 Å². The lowest BCUT2D eigenvalue weighted by atomic mass is 9.93. The predicted molar refractivity (Wildman–Crippen MR) is 98.7 cm³/mol. The molecule has 0 fully saturated rings. The second-order valence-electron chi connectivity index (χ2n) is 5.62. The fourth-order valence-electron chi connectivity index (χ4n) is 3.10. The smallest absolute Gasteiger partial charge is 0.241 e. The molecular formula is C17H17Cl2N5. The second kappa shape index (κ2) is 6.71. The van der Waals surface area contributed by atoms with Gasteiger partial charge in [0.1, 0.15) is 0 Å². The van der Waals surface area contributed by atoms with Gasteiger partial charge in [-0.15, -0.1) is 17.5 Å². The molecule has 24 heavy (non-hydrogen) atoms. The van der Waals surface area contributed by atoms with Gasteiger partial charge in [-0.2, -0.15) is 4.98 Å². The van der Waals surface area contributed by atoms with E-state index in [9.17, 15) is 0 Å². The van der Waals surface area contributed by atoms with Gasteiger partial charge in [0, 0.05) is 5.02 Å². The van der Waals surface area contributed by atoms with Gasteiger partial charge >= 0.3 is 0 Å². The summed E-state index contributed by atoms with van der Waals surface area (Å²) in [5, 5.41) is 8.49. The molecule has 2 atom stereocenters. The standard InChI is InChI=1S/C17H16ClN5.ClH/c18-13-9-5-4-8-12(13)15-10-14(11-6-2-1-3-7-11)20-17-21-16(19)22-23(15)17;/h1-9,14-15H,10H2,(H3,19,20,21,22);1H. The molecule has 1 aliphatic heterocycles. The third-order valence-electron chi connectivity index (χ3n) is 4.17. The van der Waals surface area contributed by atoms with E-state index in [-0.39, 0.29) is 30.4 Å². The average molecular weight is 362 g/mol. The Morgan fingerprint density at radius 3 is 2.54 bits per heavy atom. The normalized spacial score (nSPS) is 19.0. The number of nitrogens with zero attached hydrogens (tertiary/aromatic N) is 3. The molecule has 1 aromatic heterocycles. The lowest BCUT2D eigenvalue weighted by Crippen LogP contribution is -2.28. The molecule has 2 heterocycles. The molecule has 1 aliphatic rings. The molecule has 5 nitrogen and oxygen atoms in total. The van der Waals surface area contributed by atoms with E-state index in [1.165, 1.54) is 5.56 Å². The van der Waals surface area contributed by atoms with Crippen LogP contribution in [0.5, 0.6) is 0 Å². The number of anilines is 2. The minimum atomic E-state index is -0.00467. The van der Waals surface area contributed by atoms with E-state index in [0.717, 1.165) is 17.0 Å². The van der Waals surface area contributed by atoms with Crippen molar-refractivity contribution in [2.75, 3.05) is 11.1 Å². The summed E-state index contributed by atoms with van der Waals surface area (Å²) in [4.78, 5) is 4.31. The van der Waals surface area contributed by atoms with Gasteiger partial charge < -0.3 is 11.1 Å². The Morgan fingerprint density at radius 2 is 1.79 bits per heavy atom. The maximum absolute atomic E-state index is 6.41. The quantitative estimate of drug-likeness (QED) is 0.721. The minimum absolute atomic E-state index is 0. The lowest BCUT2D eigenvalue weighted by molar-refractivity contribution is 0.431. The van der Waals surface area contributed by atoms with Crippen molar-refractivity contribution in [2.45, 2.75) is 18.5 Å². The Labute approximate surface area is 151 Å². The Bertz CT molecular complexity index is 834. The molecule has 2 aromatic carbocycles. The van der Waals surface area contributed by atoms with E-state index in [0.29, 0.717) is 5.95 Å². The fraction of sp³-hybridized carbons (Fsp3) is 0.176. The van der Waals surface area contributed by atoms with E-state index in [4.69, 9.17) is 17.3 Å². The zero-order valence-electron chi connectivity index (χ0n) is 12.8. The molecule has 0 bridgehead atoms. The van der Waals surface area contributed by atoms with E-state index < -0.39 is 0 Å². The van der Waals surface area contributed by atoms with Crippen LogP contribution in [0.2, 0.25) is 5.02 Å². The molecule has 124 valence electrons. The molecule has 2 unspecified atom stereocenters. The summed E-state index contributed by atoms with van der Waals surface area (Å²) in [6.45, 7) is 0. The van der Waals surface area contributed by atoms with Crippen molar-refractivity contribution in [1.29, 1.82) is 0 Å². The van der Waals surface area contributed by atoms with Crippen LogP contribution in [0.25, 0.3) is 0 Å². The fourth-order valence-corrected chi connectivity index (χ4v) is 3.36. The van der Waals surface area contributed by atoms with Crippen molar-refractivity contribution in [3.63, 3.8) is 0 Å². The average Bonchev–Trinajstić information content (AvgIpc) is 2.95. The summed E-state index contributed by atoms with van der Waals surface area (Å²) < 4.78 is 1.83. The van der Waals surface area contributed by atoms with E-state index in [1.54, 1.807) is 0 Å². The van der Waals surface area contributed by atoms with Crippen molar-refractivity contribution in [3.8, 4) is 0 Å². The van der Waals surface area contributed by atoms with Gasteiger partial charge in [-0.05, 0) is 23.6 Å². The first kappa shape index (κ1) is 16.6. The summed E-state index contributed by atoms with van der Waals surface area (Å²) in [5.74, 6) is 0.936. The molecule has 0 spiro atoms. The molecule has 3 N–H and O–H groups in total. The van der Waals surface area contributed by atoms with Crippen LogP contribution >= 0.6 is 24.0 Å². The lowest BCUT2D eigenvalue weighted by Gasteiger charge is -2.32. The van der Waals surface area contributed by atoms with Gasteiger partial charge in [0.15, 0.2) is 0 Å². The first-order valence-electron chi connectivity index (χ1n) is 7.50. The van der Waals surface area contributed by atoms with Crippen molar-refractivity contribution in [2.24, 2.45) is 0 Å². The number of hydrogen-bond donors (Lipinski definition) is 2. The molecule has 0 saturated carbocycles. The SMILES string of the molecule is Cl.Nc1nc2n(n1)C(c1ccccc1Cl)CC(c1ccccc1)N2. The van der Waals surface area contributed by atoms with Gasteiger partial charge in [0.05, 0.1) is 12.1 Å². The van der Waals surface area contributed by atoms with Crippen LogP contribution in [0.1, 0.15) is 29.6 Å². The number of nitrogen functional groups attached to an aromatic ring is 1. The van der Waals surface area contributed by atoms with Gasteiger partial charge in [0.25, 0.3) is 0 Å². The topological polar surface area (TPSA) is 68.8 Å². The maximum Gasteiger partial charge on any atom is 0.241 e. The first-order valence-corrected chi connectivity index (χ1v) is 7.88. The van der Waals surface area contributed by atoms with Gasteiger partial charge in [0.2, 0.25) is 11.9 Å². The van der Waals surface area contributed by atoms with E-state index in [2.05, 4.69) is 27.5 Å². The number of halogens is 2. The van der Waals surface area contributed by atoms with Crippen LogP contribution in [0.3, 0.4) is 0 Å². The predicted octanol–water partition coefficient (Wildman–Crippen LogP) is 4.08. The molecule has 4 rings (SSSR count). The van der Waals surface area contributed by atoms with Gasteiger partial charge in [-0.25, -0.2) is 4.68 Å². The highest BCUT2D eigenvalue weighted by molar-refractivity contribution is 6.31. The molecule has 0 saturated heterocycles. The molecule has 7 heteroatoms. The summed E-state index contributed by atoms with van der Waals surface area (Å²) in [5.41, 5.74) is 8.04. The Morgan fingerprint density at radius 1 is 1.08 bits per heavy atom. The number of nitrogens with one attached hydrogen (secondary N) is 1. The third-order valence-corrected chi connectivity index (χ3v) is 4.52. The molecular weight excluding hydrogens is 345 g/mol. The monoisotopic (exact) mass is 361 g/mol. The zero-order chi connectivity index (χ0) is 15.8. The van der Waals surface area contributed by atoms with Crippen LogP contribution < -0.4 is 11.1 Å². The number of fused-ring (bicyclic) bond motifs is 1. The number of rotatable bonds is 2. The molecule has 3 aromatic rings. The summed E-state index contributed by atoms with van der Waals surface area (Å²) in [6.07, 6.45) is 0.823. The second-order valence-corrected chi connectivity index (χ2v) is 6.03. The number of nitrogens with two attached hydrogens (primary N) is 1. The molecule has 0 amide bonds. The number of benzene rings is 2. The molecule has 0 radical (unpaired) electrons. The van der Waals surface area contributed by atoms with E-state index in [1.807, 2.05) is 47.1 Å². The highest BCUT2D eigenvalue weighted by Gasteiger charge is 2.31. The van der Waals surface area contributed by atoms with Crippen molar-refractivity contribution in [1.82, 2.24) is 14.8 Å². The summed E-state index contributed by atoms with van der Waals surface area (Å²) in [6, 6.07) is 18.3. The Balaban J connectivity index is 0.00000169. The Hall–Kier alpha value is -2.24. The van der Waals surface area contributed by atoms with Gasteiger partial charge in [-0.1, -0.05) is 60.1 Å². The summed E-state index contributed by atoms with van der Waals surface area (Å²) >= 11 is 6.41. The largest absolute Gasteiger partial charge is 0.366 e. The summed E-state index contributed by atoms with van der Waals surface area (Å²) in [7, 11) is 0. The first-order chi connectivity index (χ1) is 11.2. The minimum Gasteiger partial charge on any atom is -0.366 e. The zero-order valence-corrected chi connectivity index (χ0v) is 14.3. The number of aromatic nitrogens is 3. The van der Waals surface area contributed by atoms with Crippen LogP contribution in [0.4, 0.5) is 11.9 Å². The van der Waals surface area contributed by atoms with Crippen molar-refractivity contribution < 1.29 is 0 Å². The highest BCUT2D eigenvalue weighted by Crippen LogP contribution is 2.39. The molecule has 0 aliphatic carbocycles. The van der Waals surface area contributed by atoms with E-state index >= 15 is 0 Å². The van der Waals surface area contributed by atoms with Crippen LogP contribution in [0.15, 0.2) is 54.6 Å². The van der Waals surface area contributed by atoms with Crippen molar-refractivity contribution in [3.05, 3.63) is 70.7 Å². The van der Waals surface area contributed by atoms with Crippen LogP contribution in [-0.2, 0) is 0 Å². The third kappa shape index (κ3) is 2.92. The Kier molecular flexibility index (Phi) is 4.64.